The van der Waals surface area contributed by atoms with Gasteiger partial charge < -0.3 is 20.4 Å². The van der Waals surface area contributed by atoms with Crippen molar-refractivity contribution in [3.8, 4) is 0 Å². The van der Waals surface area contributed by atoms with Crippen LogP contribution in [0.1, 0.15) is 41.4 Å². The Morgan fingerprint density at radius 2 is 0.885 bits per heavy atom. The Kier molecular flexibility index (Phi) is 3.80. The van der Waals surface area contributed by atoms with Gasteiger partial charge >= 0.3 is 23.9 Å². The van der Waals surface area contributed by atoms with Crippen LogP contribution in [0, 0.1) is 0 Å². The van der Waals surface area contributed by atoms with Gasteiger partial charge in [0, 0.05) is 10.8 Å². The average Bonchev–Trinajstić information content (AvgIpc) is 2.57. The van der Waals surface area contributed by atoms with Gasteiger partial charge in [0.05, 0.1) is 22.3 Å². The van der Waals surface area contributed by atoms with Crippen LogP contribution in [0.5, 0.6) is 0 Å². The van der Waals surface area contributed by atoms with Crippen LogP contribution in [0.2, 0.25) is 0 Å². The molecule has 0 aliphatic heterocycles. The van der Waals surface area contributed by atoms with Crippen molar-refractivity contribution < 1.29 is 39.6 Å². The molecular weight excluding hydrogens is 344 g/mol. The monoisotopic (exact) mass is 354 g/mol. The van der Waals surface area contributed by atoms with Crippen molar-refractivity contribution in [2.45, 2.75) is 0 Å². The normalized spacial score (nSPS) is 10.8. The van der Waals surface area contributed by atoms with Crippen molar-refractivity contribution >= 4 is 45.4 Å². The third kappa shape index (κ3) is 2.32. The Bertz CT molecular complexity index is 1050. The molecule has 0 saturated carbocycles. The van der Waals surface area contributed by atoms with Crippen molar-refractivity contribution in [1.29, 1.82) is 0 Å². The van der Waals surface area contributed by atoms with Crippen LogP contribution < -0.4 is 0 Å². The molecule has 0 fully saturated rings. The summed E-state index contributed by atoms with van der Waals surface area (Å²) in [5.74, 6) is -5.84. The quantitative estimate of drug-likeness (QED) is 0.522. The lowest BCUT2D eigenvalue weighted by Gasteiger charge is -2.15. The van der Waals surface area contributed by atoms with Crippen LogP contribution in [0.3, 0.4) is 0 Å². The Hall–Kier alpha value is -3.94. The van der Waals surface area contributed by atoms with Gasteiger partial charge in [0.25, 0.3) is 0 Å². The number of benzene rings is 3. The van der Waals surface area contributed by atoms with Gasteiger partial charge in [-0.3, -0.25) is 0 Å². The second-order valence-electron chi connectivity index (χ2n) is 5.43. The zero-order valence-corrected chi connectivity index (χ0v) is 12.9. The van der Waals surface area contributed by atoms with E-state index in [-0.39, 0.29) is 32.7 Å². The second-order valence-corrected chi connectivity index (χ2v) is 5.43. The molecule has 3 rings (SSSR count). The molecule has 0 aromatic heterocycles. The van der Waals surface area contributed by atoms with E-state index in [1.54, 1.807) is 0 Å². The summed E-state index contributed by atoms with van der Waals surface area (Å²) in [6.07, 6.45) is 0. The molecule has 0 saturated heterocycles. The summed E-state index contributed by atoms with van der Waals surface area (Å²) in [4.78, 5) is 46.9. The van der Waals surface area contributed by atoms with Crippen molar-refractivity contribution in [3.63, 3.8) is 0 Å². The first kappa shape index (κ1) is 16.9. The lowest BCUT2D eigenvalue weighted by atomic mass is 9.87. The van der Waals surface area contributed by atoms with Gasteiger partial charge in [-0.05, 0) is 22.9 Å². The molecule has 0 radical (unpaired) electrons. The van der Waals surface area contributed by atoms with Gasteiger partial charge in [-0.1, -0.05) is 24.3 Å². The number of hydrogen-bond acceptors (Lipinski definition) is 4. The molecule has 26 heavy (non-hydrogen) atoms. The summed E-state index contributed by atoms with van der Waals surface area (Å²) in [6.45, 7) is 0. The van der Waals surface area contributed by atoms with Gasteiger partial charge in [0.2, 0.25) is 0 Å². The highest BCUT2D eigenvalue weighted by Gasteiger charge is 2.27. The molecule has 0 amide bonds. The van der Waals surface area contributed by atoms with Crippen molar-refractivity contribution in [3.05, 3.63) is 58.7 Å². The summed E-state index contributed by atoms with van der Waals surface area (Å²) < 4.78 is 0. The highest BCUT2D eigenvalue weighted by Crippen LogP contribution is 2.37. The van der Waals surface area contributed by atoms with E-state index in [2.05, 4.69) is 0 Å². The zero-order valence-electron chi connectivity index (χ0n) is 12.9. The van der Waals surface area contributed by atoms with Crippen LogP contribution in [-0.4, -0.2) is 44.3 Å². The number of carbonyl (C=O) groups is 4. The fraction of sp³-hybridized carbons (Fsp3) is 0. The van der Waals surface area contributed by atoms with Crippen LogP contribution in [0.25, 0.3) is 21.5 Å². The van der Waals surface area contributed by atoms with Gasteiger partial charge in [0.15, 0.2) is 0 Å². The summed E-state index contributed by atoms with van der Waals surface area (Å²) in [7, 11) is 0. The molecule has 130 valence electrons. The van der Waals surface area contributed by atoms with E-state index < -0.39 is 35.0 Å². The molecule has 8 nitrogen and oxygen atoms in total. The zero-order chi connectivity index (χ0) is 19.2. The standard InChI is InChI=1S/C18H10O8/c19-15(20)9-5-1-3-7-11(9)14(18(25)26)8-4-2-6-10(16(21)22)12(8)13(7)17(23)24/h1-6H,(H,19,20)(H,21,22)(H,23,24)(H,25,26). The first-order valence-corrected chi connectivity index (χ1v) is 7.20. The maximum atomic E-state index is 11.9. The minimum atomic E-state index is -1.49. The smallest absolute Gasteiger partial charge is 0.336 e. The van der Waals surface area contributed by atoms with Gasteiger partial charge in [-0.25, -0.2) is 19.2 Å². The fourth-order valence-corrected chi connectivity index (χ4v) is 3.13. The predicted octanol–water partition coefficient (Wildman–Crippen LogP) is 2.79. The highest BCUT2D eigenvalue weighted by molar-refractivity contribution is 6.29. The Morgan fingerprint density at radius 1 is 0.538 bits per heavy atom. The Labute approximate surface area is 144 Å². The molecular formula is C18H10O8. The summed E-state index contributed by atoms with van der Waals surface area (Å²) >= 11 is 0. The van der Waals surface area contributed by atoms with Crippen LogP contribution >= 0.6 is 0 Å². The van der Waals surface area contributed by atoms with E-state index in [4.69, 9.17) is 0 Å². The van der Waals surface area contributed by atoms with Gasteiger partial charge in [-0.15, -0.1) is 0 Å². The topological polar surface area (TPSA) is 149 Å². The van der Waals surface area contributed by atoms with E-state index in [0.717, 1.165) is 12.1 Å². The molecule has 0 atom stereocenters. The first-order valence-electron chi connectivity index (χ1n) is 7.20. The Balaban J connectivity index is 2.80. The third-order valence-corrected chi connectivity index (χ3v) is 4.06. The van der Waals surface area contributed by atoms with E-state index in [1.807, 2.05) is 0 Å². The number of fused-ring (bicyclic) bond motifs is 2. The van der Waals surface area contributed by atoms with Crippen LogP contribution in [0.15, 0.2) is 36.4 Å². The number of carboxylic acids is 4. The van der Waals surface area contributed by atoms with Crippen molar-refractivity contribution in [2.75, 3.05) is 0 Å². The molecule has 4 N–H and O–H groups in total. The molecule has 3 aromatic carbocycles. The van der Waals surface area contributed by atoms with Crippen LogP contribution in [0.4, 0.5) is 0 Å². The van der Waals surface area contributed by atoms with Gasteiger partial charge in [-0.2, -0.15) is 0 Å². The average molecular weight is 354 g/mol. The number of aromatic carboxylic acids is 4. The van der Waals surface area contributed by atoms with E-state index in [9.17, 15) is 39.6 Å². The minimum Gasteiger partial charge on any atom is -0.478 e. The van der Waals surface area contributed by atoms with Crippen molar-refractivity contribution in [2.24, 2.45) is 0 Å². The van der Waals surface area contributed by atoms with E-state index in [1.165, 1.54) is 24.3 Å². The second kappa shape index (κ2) is 5.85. The van der Waals surface area contributed by atoms with E-state index >= 15 is 0 Å². The summed E-state index contributed by atoms with van der Waals surface area (Å²) in [6, 6.07) is 7.40. The summed E-state index contributed by atoms with van der Waals surface area (Å²) in [5.41, 5.74) is -1.68. The molecule has 0 spiro atoms. The highest BCUT2D eigenvalue weighted by atomic mass is 16.4. The lowest BCUT2D eigenvalue weighted by Crippen LogP contribution is -2.11. The summed E-state index contributed by atoms with van der Waals surface area (Å²) in [5, 5.41) is 37.3. The number of rotatable bonds is 4. The molecule has 0 aliphatic carbocycles. The van der Waals surface area contributed by atoms with Gasteiger partial charge in [0.1, 0.15) is 0 Å². The molecule has 8 heteroatoms. The maximum absolute atomic E-state index is 11.9. The molecule has 0 heterocycles. The fourth-order valence-electron chi connectivity index (χ4n) is 3.13. The minimum absolute atomic E-state index is 0.156. The molecule has 0 unspecified atom stereocenters. The first-order chi connectivity index (χ1) is 12.3. The lowest BCUT2D eigenvalue weighted by molar-refractivity contribution is 0.0679. The number of hydrogen-bond donors (Lipinski definition) is 4. The van der Waals surface area contributed by atoms with E-state index in [0.29, 0.717) is 0 Å². The SMILES string of the molecule is O=C(O)c1cccc2c(C(=O)O)c3c(C(=O)O)cccc3c(C(=O)O)c12. The largest absolute Gasteiger partial charge is 0.478 e. The Morgan fingerprint density at radius 3 is 1.15 bits per heavy atom. The molecule has 0 aliphatic rings. The predicted molar refractivity (Wildman–Crippen MR) is 89.3 cm³/mol. The van der Waals surface area contributed by atoms with Crippen LogP contribution in [-0.2, 0) is 0 Å². The third-order valence-electron chi connectivity index (χ3n) is 4.06. The molecule has 0 bridgehead atoms. The maximum Gasteiger partial charge on any atom is 0.336 e. The number of carboxylic acid groups (broad SMARTS) is 4. The molecule has 3 aromatic rings. The van der Waals surface area contributed by atoms with Crippen molar-refractivity contribution in [1.82, 2.24) is 0 Å².